The van der Waals surface area contributed by atoms with Gasteiger partial charge in [-0.15, -0.1) is 0 Å². The Balaban J connectivity index is 1.81. The van der Waals surface area contributed by atoms with Gasteiger partial charge in [0.25, 0.3) is 0 Å². The number of fused-ring (bicyclic) bond motifs is 1. The van der Waals surface area contributed by atoms with E-state index in [0.717, 1.165) is 6.33 Å². The van der Waals surface area contributed by atoms with Gasteiger partial charge in [0.1, 0.15) is 35.6 Å². The van der Waals surface area contributed by atoms with Gasteiger partial charge in [0, 0.05) is 11.8 Å². The number of aliphatic hydroxyl groups is 2. The smallest absolute Gasteiger partial charge is 0.387 e. The van der Waals surface area contributed by atoms with E-state index in [9.17, 15) is 33.7 Å². The monoisotopic (exact) mass is 546 g/mol. The minimum atomic E-state index is -5.72. The molecule has 1 aliphatic rings. The first-order chi connectivity index (χ1) is 15.5. The number of hydrogen-bond acceptors (Lipinski definition) is 12. The van der Waals surface area contributed by atoms with Crippen molar-refractivity contribution in [2.75, 3.05) is 12.3 Å². The Morgan fingerprint density at radius 3 is 2.47 bits per heavy atom. The lowest BCUT2D eigenvalue weighted by Gasteiger charge is -2.27. The van der Waals surface area contributed by atoms with Gasteiger partial charge >= 0.3 is 23.5 Å². The lowest BCUT2D eigenvalue weighted by atomic mass is 9.96. The van der Waals surface area contributed by atoms with E-state index in [1.54, 1.807) is 0 Å². The lowest BCUT2D eigenvalue weighted by Crippen LogP contribution is -2.44. The molecule has 0 aromatic carbocycles. The van der Waals surface area contributed by atoms with E-state index < -0.39 is 54.1 Å². The Hall–Kier alpha value is -1.55. The first-order valence-electron chi connectivity index (χ1n) is 9.05. The number of nitrogens with zero attached hydrogens (tertiary/aromatic N) is 3. The second-order valence-corrected chi connectivity index (χ2v) is 11.7. The summed E-state index contributed by atoms with van der Waals surface area (Å²) < 4.78 is 52.7. The van der Waals surface area contributed by atoms with E-state index in [4.69, 9.17) is 20.3 Å². The molecule has 2 unspecified atom stereocenters. The third-order valence-corrected chi connectivity index (χ3v) is 8.52. The maximum atomic E-state index is 11.9. The summed E-state index contributed by atoms with van der Waals surface area (Å²) in [5, 5.41) is 21.8. The molecule has 17 nitrogen and oxygen atoms in total. The molecule has 0 amide bonds. The molecule has 3 rings (SSSR count). The van der Waals surface area contributed by atoms with Crippen molar-refractivity contribution in [2.24, 2.45) is 0 Å². The van der Waals surface area contributed by atoms with Crippen LogP contribution < -0.4 is 5.73 Å². The highest BCUT2D eigenvalue weighted by atomic mass is 31.3. The van der Waals surface area contributed by atoms with Crippen molar-refractivity contribution >= 4 is 46.4 Å². The summed E-state index contributed by atoms with van der Waals surface area (Å²) in [6.45, 7) is 3.90. The van der Waals surface area contributed by atoms with Gasteiger partial charge in [-0.3, -0.25) is 4.52 Å². The van der Waals surface area contributed by atoms with E-state index in [-0.39, 0.29) is 11.5 Å². The number of hydrogen-bond donors (Lipinski definition) is 7. The molecule has 6 atom stereocenters. The minimum absolute atomic E-state index is 0.112. The number of nitrogen functional groups attached to an aromatic ring is 1. The second-order valence-electron chi connectivity index (χ2n) is 7.24. The fraction of sp³-hybridized carbons (Fsp3) is 0.429. The zero-order chi connectivity index (χ0) is 25.7. The summed E-state index contributed by atoms with van der Waals surface area (Å²) in [4.78, 5) is 43.9. The van der Waals surface area contributed by atoms with Crippen molar-refractivity contribution in [2.45, 2.75) is 31.0 Å². The van der Waals surface area contributed by atoms with Gasteiger partial charge in [0.15, 0.2) is 6.23 Å². The van der Waals surface area contributed by atoms with Crippen LogP contribution in [-0.4, -0.2) is 68.7 Å². The average Bonchev–Trinajstić information content (AvgIpc) is 3.14. The number of ether oxygens (including phenoxy) is 1. The van der Waals surface area contributed by atoms with Crippen molar-refractivity contribution in [3.8, 4) is 0 Å². The fourth-order valence-electron chi connectivity index (χ4n) is 3.32. The normalized spacial score (nSPS) is 29.1. The van der Waals surface area contributed by atoms with Crippen molar-refractivity contribution in [3.05, 3.63) is 24.7 Å². The Labute approximate surface area is 190 Å². The molecular formula is C14H21N4O13P3. The zero-order valence-electron chi connectivity index (χ0n) is 17.2. The molecule has 1 saturated heterocycles. The summed E-state index contributed by atoms with van der Waals surface area (Å²) in [5.41, 5.74) is 4.57. The molecule has 0 saturated carbocycles. The van der Waals surface area contributed by atoms with E-state index in [2.05, 4.69) is 29.7 Å². The maximum absolute atomic E-state index is 11.9. The van der Waals surface area contributed by atoms with Crippen LogP contribution in [0.1, 0.15) is 18.7 Å². The van der Waals surface area contributed by atoms with Crippen molar-refractivity contribution in [1.82, 2.24) is 14.5 Å². The SMILES string of the molecule is C=Cc1cn([C@@H]2O[C@H](COP(=O)(O)OP(=O)(O)OP(=O)(O)O)[C@@H](O)[C@@]2(C)O)c2ncnc(N)c12. The van der Waals surface area contributed by atoms with Crippen LogP contribution in [0.15, 0.2) is 19.1 Å². The number of aliphatic hydroxyl groups excluding tert-OH is 1. The molecule has 3 heterocycles. The third kappa shape index (κ3) is 5.64. The van der Waals surface area contributed by atoms with Crippen LogP contribution in [0.5, 0.6) is 0 Å². The largest absolute Gasteiger partial charge is 0.490 e. The van der Waals surface area contributed by atoms with Gasteiger partial charge in [0.2, 0.25) is 0 Å². The first-order valence-corrected chi connectivity index (χ1v) is 13.6. The van der Waals surface area contributed by atoms with Crippen LogP contribution in [0.3, 0.4) is 0 Å². The van der Waals surface area contributed by atoms with Gasteiger partial charge in [-0.1, -0.05) is 12.7 Å². The van der Waals surface area contributed by atoms with Gasteiger partial charge in [-0.05, 0) is 6.92 Å². The van der Waals surface area contributed by atoms with Gasteiger partial charge in [-0.2, -0.15) is 8.62 Å². The molecule has 0 bridgehead atoms. The summed E-state index contributed by atoms with van der Waals surface area (Å²) in [5.74, 6) is 0.112. The third-order valence-electron chi connectivity index (χ3n) is 4.71. The highest BCUT2D eigenvalue weighted by molar-refractivity contribution is 7.66. The van der Waals surface area contributed by atoms with E-state index in [1.807, 2.05) is 0 Å². The van der Waals surface area contributed by atoms with Crippen LogP contribution >= 0.6 is 23.5 Å². The van der Waals surface area contributed by atoms with Crippen LogP contribution in [0.2, 0.25) is 0 Å². The number of rotatable bonds is 9. The highest BCUT2D eigenvalue weighted by Gasteiger charge is 2.54. The van der Waals surface area contributed by atoms with Crippen molar-refractivity contribution in [3.63, 3.8) is 0 Å². The quantitative estimate of drug-likeness (QED) is 0.204. The van der Waals surface area contributed by atoms with E-state index in [1.165, 1.54) is 23.8 Å². The van der Waals surface area contributed by atoms with Gasteiger partial charge in [0.05, 0.1) is 12.0 Å². The number of nitrogens with two attached hydrogens (primary N) is 1. The topological polar surface area (TPSA) is 266 Å². The van der Waals surface area contributed by atoms with Crippen molar-refractivity contribution in [1.29, 1.82) is 0 Å². The molecule has 0 aliphatic carbocycles. The average molecular weight is 546 g/mol. The summed E-state index contributed by atoms with van der Waals surface area (Å²) in [7, 11) is -16.8. The zero-order valence-corrected chi connectivity index (χ0v) is 19.9. The minimum Gasteiger partial charge on any atom is -0.387 e. The molecule has 0 spiro atoms. The molecule has 2 aromatic rings. The van der Waals surface area contributed by atoms with Gasteiger partial charge in [-0.25, -0.2) is 23.7 Å². The number of aromatic nitrogens is 3. The van der Waals surface area contributed by atoms with Crippen LogP contribution in [0.4, 0.5) is 5.82 Å². The molecule has 1 aliphatic heterocycles. The molecular weight excluding hydrogens is 525 g/mol. The Kier molecular flexibility index (Phi) is 7.28. The fourth-order valence-corrected chi connectivity index (χ4v) is 6.35. The molecule has 0 radical (unpaired) electrons. The number of anilines is 1. The summed E-state index contributed by atoms with van der Waals surface area (Å²) >= 11 is 0. The second kappa shape index (κ2) is 9.15. The molecule has 8 N–H and O–H groups in total. The molecule has 20 heteroatoms. The predicted molar refractivity (Wildman–Crippen MR) is 112 cm³/mol. The van der Waals surface area contributed by atoms with Gasteiger partial charge < -0.3 is 44.8 Å². The van der Waals surface area contributed by atoms with Crippen LogP contribution in [-0.2, 0) is 31.6 Å². The summed E-state index contributed by atoms with van der Waals surface area (Å²) in [6.07, 6.45) is -0.469. The maximum Gasteiger partial charge on any atom is 0.490 e. The number of phosphoric acid groups is 3. The molecule has 2 aromatic heterocycles. The predicted octanol–water partition coefficient (Wildman–Crippen LogP) is 0.00910. The Morgan fingerprint density at radius 1 is 1.24 bits per heavy atom. The Bertz CT molecular complexity index is 1240. The van der Waals surface area contributed by atoms with Crippen molar-refractivity contribution < 1.29 is 61.4 Å². The van der Waals surface area contributed by atoms with E-state index >= 15 is 0 Å². The number of phosphoric ester groups is 1. The highest BCUT2D eigenvalue weighted by Crippen LogP contribution is 2.66. The first kappa shape index (κ1) is 27.0. The van der Waals surface area contributed by atoms with Crippen LogP contribution in [0, 0.1) is 0 Å². The molecule has 190 valence electrons. The molecule has 1 fully saturated rings. The Morgan fingerprint density at radius 2 is 1.88 bits per heavy atom. The van der Waals surface area contributed by atoms with E-state index in [0.29, 0.717) is 10.9 Å². The lowest BCUT2D eigenvalue weighted by molar-refractivity contribution is -0.0947. The summed E-state index contributed by atoms with van der Waals surface area (Å²) in [6, 6.07) is 0. The standard InChI is InChI=1S/C14H21N4O13P3/c1-3-7-4-18(12-9(7)11(15)16-6-17-12)13-14(2,20)10(19)8(29-13)5-28-33(24,25)31-34(26,27)30-32(21,22)23/h3-4,6,8,10,13,19-20H,1,5H2,2H3,(H,24,25)(H,26,27)(H2,15,16,17)(H2,21,22,23)/t8-,10-,13-,14-/m1/s1. The van der Waals surface area contributed by atoms with Crippen LogP contribution in [0.25, 0.3) is 17.1 Å². The molecule has 34 heavy (non-hydrogen) atoms.